The first-order valence-corrected chi connectivity index (χ1v) is 12.0. The first kappa shape index (κ1) is 14.7. The molecule has 2 nitrogen and oxygen atoms in total. The van der Waals surface area contributed by atoms with Crippen LogP contribution in [0.3, 0.4) is 0 Å². The van der Waals surface area contributed by atoms with Crippen molar-refractivity contribution in [2.75, 3.05) is 0 Å². The predicted molar refractivity (Wildman–Crippen MR) is 120 cm³/mol. The van der Waals surface area contributed by atoms with Crippen molar-refractivity contribution in [2.45, 2.75) is 111 Å². The molecule has 9 atom stereocenters. The summed E-state index contributed by atoms with van der Waals surface area (Å²) in [7, 11) is 0. The molecule has 0 heterocycles. The summed E-state index contributed by atoms with van der Waals surface area (Å²) in [5, 5.41) is 20.9. The van der Waals surface area contributed by atoms with Crippen molar-refractivity contribution >= 4 is 0 Å². The molecule has 0 aliphatic heterocycles. The number of allylic oxidation sites excluding steroid dienone is 1. The summed E-state index contributed by atoms with van der Waals surface area (Å²) in [5.41, 5.74) is 1.87. The second-order valence-electron chi connectivity index (χ2n) is 11.4. The minimum Gasteiger partial charge on any atom is -0.393 e. The third-order valence-electron chi connectivity index (χ3n) is 10.1. The Bertz CT molecular complexity index is 838. The van der Waals surface area contributed by atoms with Crippen LogP contribution < -0.4 is 0 Å². The highest BCUT2D eigenvalue weighted by atomic mass is 16.3. The lowest BCUT2D eigenvalue weighted by Crippen LogP contribution is -2.50. The zero-order valence-electron chi connectivity index (χ0n) is 25.6. The van der Waals surface area contributed by atoms with Crippen LogP contribution in [0.25, 0.3) is 0 Å². The molecule has 0 saturated heterocycles. The number of aliphatic hydroxyl groups excluding tert-OH is 2. The zero-order chi connectivity index (χ0) is 26.9. The Labute approximate surface area is 189 Å². The third-order valence-corrected chi connectivity index (χ3v) is 10.1. The molecule has 0 aromatic carbocycles. The second kappa shape index (κ2) is 7.97. The van der Waals surface area contributed by atoms with Crippen molar-refractivity contribution in [3.8, 4) is 0 Å². The van der Waals surface area contributed by atoms with E-state index in [4.69, 9.17) is 9.60 Å². The Morgan fingerprint density at radius 3 is 2.69 bits per heavy atom. The van der Waals surface area contributed by atoms with Crippen molar-refractivity contribution in [3.63, 3.8) is 0 Å². The normalized spacial score (nSPS) is 51.3. The molecule has 0 bridgehead atoms. The molecule has 1 unspecified atom stereocenters. The lowest BCUT2D eigenvalue weighted by Gasteiger charge is -2.58. The fraction of sp³-hybridized carbons (Fsp3) is 0.926. The highest BCUT2D eigenvalue weighted by molar-refractivity contribution is 5.25. The summed E-state index contributed by atoms with van der Waals surface area (Å²) in [4.78, 5) is 0. The van der Waals surface area contributed by atoms with Crippen LogP contribution >= 0.6 is 0 Å². The molecule has 4 rings (SSSR count). The molecule has 0 spiro atoms. The van der Waals surface area contributed by atoms with E-state index in [0.717, 1.165) is 38.5 Å². The molecule has 2 heteroatoms. The number of hydrogen-bond donors (Lipinski definition) is 2. The molecule has 0 aromatic rings. The first-order valence-electron chi connectivity index (χ1n) is 15.5. The lowest BCUT2D eigenvalue weighted by molar-refractivity contribution is -0.0579. The van der Waals surface area contributed by atoms with Crippen LogP contribution in [0, 0.1) is 46.3 Å². The first-order chi connectivity index (χ1) is 16.5. The third kappa shape index (κ3) is 3.65. The molecule has 0 amide bonds. The number of rotatable bonds is 5. The monoisotopic (exact) mass is 409 g/mol. The Kier molecular flexibility index (Phi) is 4.03. The van der Waals surface area contributed by atoms with E-state index in [-0.39, 0.29) is 29.3 Å². The molecule has 3 saturated carbocycles. The van der Waals surface area contributed by atoms with E-state index in [1.807, 2.05) is 0 Å². The summed E-state index contributed by atoms with van der Waals surface area (Å²) in [6, 6.07) is 0. The van der Waals surface area contributed by atoms with Gasteiger partial charge in [-0.05, 0) is 111 Å². The van der Waals surface area contributed by atoms with Gasteiger partial charge in [0.2, 0.25) is 0 Å². The van der Waals surface area contributed by atoms with Crippen LogP contribution in [0.1, 0.15) is 108 Å². The summed E-state index contributed by atoms with van der Waals surface area (Å²) in [6.07, 6.45) is 9.59. The molecule has 4 aliphatic rings. The van der Waals surface area contributed by atoms with E-state index in [1.54, 1.807) is 0 Å². The fourth-order valence-corrected chi connectivity index (χ4v) is 8.38. The zero-order valence-corrected chi connectivity index (χ0v) is 18.6. The Morgan fingerprint density at radius 2 is 1.93 bits per heavy atom. The van der Waals surface area contributed by atoms with Crippen molar-refractivity contribution < 1.29 is 19.8 Å². The van der Waals surface area contributed by atoms with E-state index in [0.29, 0.717) is 30.1 Å². The van der Waals surface area contributed by atoms with Gasteiger partial charge in [0.1, 0.15) is 0 Å². The standard InChI is InChI=1S/C27H46O2/c1-17(2)25(29)11-6-18(3)22-9-10-23-21-8-7-19-16-20(28)12-14-26(19,4)24(21)13-15-27(22,23)5/h7,17-18,20-25,28-29H,6,8-16H2,1-5H3/t18-,20+,21+,22-,23+,24+,25?,26+,27-/m1/s1/i1D3,2D3,17D. The van der Waals surface area contributed by atoms with Crippen LogP contribution in [-0.4, -0.2) is 22.4 Å². The molecule has 3 fully saturated rings. The molecule has 166 valence electrons. The van der Waals surface area contributed by atoms with Crippen LogP contribution in [0.2, 0.25) is 0 Å². The quantitative estimate of drug-likeness (QED) is 0.519. The molecular formula is C27H46O2. The van der Waals surface area contributed by atoms with E-state index in [2.05, 4.69) is 26.8 Å². The van der Waals surface area contributed by atoms with Gasteiger partial charge >= 0.3 is 0 Å². The second-order valence-corrected chi connectivity index (χ2v) is 11.4. The topological polar surface area (TPSA) is 40.5 Å². The van der Waals surface area contributed by atoms with Crippen LogP contribution in [0.4, 0.5) is 0 Å². The van der Waals surface area contributed by atoms with Crippen molar-refractivity contribution in [3.05, 3.63) is 11.6 Å². The number of fused-ring (bicyclic) bond motifs is 5. The maximum Gasteiger partial charge on any atom is 0.0577 e. The average molecular weight is 410 g/mol. The predicted octanol–water partition coefficient (Wildman–Crippen LogP) is 6.36. The van der Waals surface area contributed by atoms with Gasteiger partial charge in [-0.2, -0.15) is 0 Å². The summed E-state index contributed by atoms with van der Waals surface area (Å²) in [5.74, 6) is -0.254. The maximum atomic E-state index is 10.7. The van der Waals surface area contributed by atoms with Gasteiger partial charge in [0, 0.05) is 9.60 Å². The minimum absolute atomic E-state index is 0.0112. The van der Waals surface area contributed by atoms with Crippen molar-refractivity contribution in [1.29, 1.82) is 0 Å². The molecule has 4 aliphatic carbocycles. The lowest BCUT2D eigenvalue weighted by atomic mass is 9.47. The Balaban J connectivity index is 1.46. The maximum absolute atomic E-state index is 10.7. The molecule has 0 aromatic heterocycles. The van der Waals surface area contributed by atoms with Gasteiger partial charge in [-0.15, -0.1) is 0 Å². The number of hydrogen-bond acceptors (Lipinski definition) is 2. The molecule has 29 heavy (non-hydrogen) atoms. The van der Waals surface area contributed by atoms with Crippen molar-refractivity contribution in [2.24, 2.45) is 46.3 Å². The molecular weight excluding hydrogens is 356 g/mol. The SMILES string of the molecule is [2H]C([2H])([2H])C([2H])(C(O)CC[C@@H](C)[C@H]1CC[C@H]2[C@@H]3CC=C4C[C@@H](O)CC[C@]4(C)[C@H]3CC[C@]12C)C([2H])([2H])[2H]. The Hall–Kier alpha value is -0.340. The molecule has 2 N–H and O–H groups in total. The van der Waals surface area contributed by atoms with Gasteiger partial charge < -0.3 is 10.2 Å². The largest absolute Gasteiger partial charge is 0.393 e. The van der Waals surface area contributed by atoms with Gasteiger partial charge in [0.05, 0.1) is 12.2 Å². The molecule has 0 radical (unpaired) electrons. The Morgan fingerprint density at radius 1 is 1.14 bits per heavy atom. The summed E-state index contributed by atoms with van der Waals surface area (Å²) in [6.45, 7) is 0.842. The highest BCUT2D eigenvalue weighted by Gasteiger charge is 2.59. The van der Waals surface area contributed by atoms with Gasteiger partial charge in [-0.3, -0.25) is 0 Å². The van der Waals surface area contributed by atoms with Crippen LogP contribution in [0.15, 0.2) is 11.6 Å². The van der Waals surface area contributed by atoms with Gasteiger partial charge in [0.25, 0.3) is 0 Å². The van der Waals surface area contributed by atoms with Crippen LogP contribution in [-0.2, 0) is 0 Å². The van der Waals surface area contributed by atoms with Gasteiger partial charge in [-0.1, -0.05) is 46.1 Å². The highest BCUT2D eigenvalue weighted by Crippen LogP contribution is 2.67. The van der Waals surface area contributed by atoms with E-state index in [9.17, 15) is 10.2 Å². The van der Waals surface area contributed by atoms with Gasteiger partial charge in [0.15, 0.2) is 0 Å². The average Bonchev–Trinajstić information content (AvgIpc) is 3.12. The minimum atomic E-state index is -3.09. The fourth-order valence-electron chi connectivity index (χ4n) is 8.38. The number of aliphatic hydroxyl groups is 2. The van der Waals surface area contributed by atoms with Crippen molar-refractivity contribution in [1.82, 2.24) is 0 Å². The smallest absolute Gasteiger partial charge is 0.0577 e. The van der Waals surface area contributed by atoms with E-state index in [1.165, 1.54) is 18.4 Å². The summed E-state index contributed by atoms with van der Waals surface area (Å²) >= 11 is 0. The van der Waals surface area contributed by atoms with Gasteiger partial charge in [-0.25, -0.2) is 0 Å². The van der Waals surface area contributed by atoms with Crippen LogP contribution in [0.5, 0.6) is 0 Å². The summed E-state index contributed by atoms with van der Waals surface area (Å²) < 4.78 is 54.2. The van der Waals surface area contributed by atoms with E-state index >= 15 is 0 Å². The van der Waals surface area contributed by atoms with E-state index < -0.39 is 25.7 Å².